The zero-order chi connectivity index (χ0) is 16.3. The van der Waals surface area contributed by atoms with Gasteiger partial charge in [0, 0.05) is 0 Å². The van der Waals surface area contributed by atoms with Crippen molar-refractivity contribution in [1.82, 2.24) is 0 Å². The molecular weight excluding hydrogens is 347 g/mol. The van der Waals surface area contributed by atoms with Crippen LogP contribution in [0, 0.1) is 22.7 Å². The molecule has 0 spiro atoms. The highest BCUT2D eigenvalue weighted by Gasteiger charge is 2.23. The summed E-state index contributed by atoms with van der Waals surface area (Å²) >= 11 is 18.2. The first-order chi connectivity index (χ1) is 10.5. The van der Waals surface area contributed by atoms with E-state index in [-0.39, 0.29) is 38.6 Å². The fourth-order valence-corrected chi connectivity index (χ4v) is 2.49. The summed E-state index contributed by atoms with van der Waals surface area (Å²) in [6.07, 6.45) is 0. The lowest BCUT2D eigenvalue weighted by Gasteiger charge is -2.13. The van der Waals surface area contributed by atoms with Gasteiger partial charge >= 0.3 is 0 Å². The van der Waals surface area contributed by atoms with Crippen LogP contribution >= 0.6 is 34.8 Å². The summed E-state index contributed by atoms with van der Waals surface area (Å²) in [5, 5.41) is 27.0. The Balaban J connectivity index is 2.54. The van der Waals surface area contributed by atoms with Crippen LogP contribution in [0.2, 0.25) is 15.1 Å². The second kappa shape index (κ2) is 6.87. The number of rotatable bonds is 3. The molecule has 0 aromatic heterocycles. The van der Waals surface area contributed by atoms with Gasteiger partial charge in [0.25, 0.3) is 0 Å². The van der Waals surface area contributed by atoms with E-state index in [1.165, 1.54) is 0 Å². The Kier molecular flexibility index (Phi) is 5.13. The molecular formula is C15H7Cl3N2O2. The molecule has 0 fully saturated rings. The van der Waals surface area contributed by atoms with Crippen LogP contribution in [0.25, 0.3) is 0 Å². The molecule has 0 unspecified atom stereocenters. The van der Waals surface area contributed by atoms with Crippen molar-refractivity contribution in [3.05, 3.63) is 56.0 Å². The first-order valence-electron chi connectivity index (χ1n) is 5.91. The standard InChI is InChI=1S/C15H7Cl3N2O2/c16-12-10(5-19)11(6-20)13(17)15(14(12)18)22-9-3-1-8(7-21)2-4-9/h1-4,21H,7H2. The van der Waals surface area contributed by atoms with Gasteiger partial charge in [-0.1, -0.05) is 46.9 Å². The Labute approximate surface area is 141 Å². The molecule has 0 aliphatic rings. The van der Waals surface area contributed by atoms with Crippen LogP contribution in [0.5, 0.6) is 11.5 Å². The largest absolute Gasteiger partial charge is 0.454 e. The maximum atomic E-state index is 9.13. The van der Waals surface area contributed by atoms with E-state index in [1.807, 2.05) is 6.07 Å². The molecule has 0 saturated carbocycles. The first-order valence-corrected chi connectivity index (χ1v) is 7.05. The zero-order valence-electron chi connectivity index (χ0n) is 10.9. The Morgan fingerprint density at radius 1 is 0.909 bits per heavy atom. The summed E-state index contributed by atoms with van der Waals surface area (Å²) in [5.41, 5.74) is 0.516. The van der Waals surface area contributed by atoms with Crippen LogP contribution in [-0.2, 0) is 6.61 Å². The van der Waals surface area contributed by atoms with E-state index in [9.17, 15) is 0 Å². The Morgan fingerprint density at radius 3 is 1.95 bits per heavy atom. The highest BCUT2D eigenvalue weighted by molar-refractivity contribution is 6.46. The van der Waals surface area contributed by atoms with Gasteiger partial charge in [-0.3, -0.25) is 0 Å². The summed E-state index contributed by atoms with van der Waals surface area (Å²) in [5.74, 6) is 0.395. The van der Waals surface area contributed by atoms with E-state index in [1.54, 1.807) is 30.3 Å². The highest BCUT2D eigenvalue weighted by atomic mass is 35.5. The van der Waals surface area contributed by atoms with Crippen molar-refractivity contribution in [1.29, 1.82) is 10.5 Å². The predicted molar refractivity (Wildman–Crippen MR) is 83.3 cm³/mol. The molecule has 0 amide bonds. The molecule has 0 heterocycles. The number of aliphatic hydroxyl groups excluding tert-OH is 1. The Bertz CT molecular complexity index is 806. The second-order valence-electron chi connectivity index (χ2n) is 4.15. The second-order valence-corrected chi connectivity index (χ2v) is 5.28. The molecule has 2 aromatic rings. The number of hydrogen-bond acceptors (Lipinski definition) is 4. The third-order valence-corrected chi connectivity index (χ3v) is 4.03. The maximum absolute atomic E-state index is 9.13. The van der Waals surface area contributed by atoms with Gasteiger partial charge in [0.15, 0.2) is 5.75 Å². The summed E-state index contributed by atoms with van der Waals surface area (Å²) in [6, 6.07) is 10.1. The maximum Gasteiger partial charge on any atom is 0.167 e. The number of hydrogen-bond donors (Lipinski definition) is 1. The van der Waals surface area contributed by atoms with Crippen LogP contribution < -0.4 is 4.74 Å². The zero-order valence-corrected chi connectivity index (χ0v) is 13.2. The van der Waals surface area contributed by atoms with Crippen molar-refractivity contribution in [3.8, 4) is 23.6 Å². The summed E-state index contributed by atoms with van der Waals surface area (Å²) in [7, 11) is 0. The Morgan fingerprint density at radius 2 is 1.45 bits per heavy atom. The minimum absolute atomic E-state index is 0.000585. The van der Waals surface area contributed by atoms with Gasteiger partial charge < -0.3 is 9.84 Å². The monoisotopic (exact) mass is 352 g/mol. The minimum atomic E-state index is -0.0967. The molecule has 1 N–H and O–H groups in total. The fourth-order valence-electron chi connectivity index (χ4n) is 1.72. The van der Waals surface area contributed by atoms with Crippen LogP contribution in [0.15, 0.2) is 24.3 Å². The van der Waals surface area contributed by atoms with Gasteiger partial charge in [0.05, 0.1) is 22.8 Å². The highest BCUT2D eigenvalue weighted by Crippen LogP contribution is 2.45. The third-order valence-electron chi connectivity index (χ3n) is 2.83. The number of nitriles is 2. The molecule has 0 bridgehead atoms. The third kappa shape index (κ3) is 2.97. The summed E-state index contributed by atoms with van der Waals surface area (Å²) in [4.78, 5) is 0. The topological polar surface area (TPSA) is 77.0 Å². The lowest BCUT2D eigenvalue weighted by atomic mass is 10.1. The molecule has 2 aromatic carbocycles. The number of aliphatic hydroxyl groups is 1. The van der Waals surface area contributed by atoms with E-state index in [0.717, 1.165) is 0 Å². The first kappa shape index (κ1) is 16.4. The van der Waals surface area contributed by atoms with Gasteiger partial charge in [-0.05, 0) is 17.7 Å². The molecule has 0 saturated heterocycles. The van der Waals surface area contributed by atoms with Gasteiger partial charge in [0.1, 0.15) is 27.9 Å². The number of ether oxygens (including phenoxy) is 1. The fraction of sp³-hybridized carbons (Fsp3) is 0.0667. The number of halogens is 3. The lowest BCUT2D eigenvalue weighted by molar-refractivity contribution is 0.281. The normalized spacial score (nSPS) is 9.91. The van der Waals surface area contributed by atoms with Crippen molar-refractivity contribution in [2.45, 2.75) is 6.61 Å². The molecule has 2 rings (SSSR count). The van der Waals surface area contributed by atoms with E-state index >= 15 is 0 Å². The van der Waals surface area contributed by atoms with Gasteiger partial charge in [-0.2, -0.15) is 10.5 Å². The molecule has 0 aliphatic carbocycles. The molecule has 110 valence electrons. The number of nitrogens with zero attached hydrogens (tertiary/aromatic N) is 2. The predicted octanol–water partition coefficient (Wildman–Crippen LogP) is 4.67. The van der Waals surface area contributed by atoms with Gasteiger partial charge in [-0.25, -0.2) is 0 Å². The molecule has 22 heavy (non-hydrogen) atoms. The SMILES string of the molecule is N#Cc1c(Cl)c(Cl)c(Oc2ccc(CO)cc2)c(Cl)c1C#N. The Hall–Kier alpha value is -1.95. The van der Waals surface area contributed by atoms with E-state index in [0.29, 0.717) is 11.3 Å². The van der Waals surface area contributed by atoms with E-state index < -0.39 is 0 Å². The van der Waals surface area contributed by atoms with Crippen LogP contribution in [0.3, 0.4) is 0 Å². The molecule has 7 heteroatoms. The van der Waals surface area contributed by atoms with E-state index in [4.69, 9.17) is 55.2 Å². The molecule has 0 atom stereocenters. The average molecular weight is 354 g/mol. The average Bonchev–Trinajstić information content (AvgIpc) is 2.55. The lowest BCUT2D eigenvalue weighted by Crippen LogP contribution is -1.95. The van der Waals surface area contributed by atoms with Crippen molar-refractivity contribution in [2.75, 3.05) is 0 Å². The number of benzene rings is 2. The van der Waals surface area contributed by atoms with Crippen LogP contribution in [-0.4, -0.2) is 5.11 Å². The van der Waals surface area contributed by atoms with Crippen molar-refractivity contribution < 1.29 is 9.84 Å². The van der Waals surface area contributed by atoms with Crippen LogP contribution in [0.4, 0.5) is 0 Å². The molecule has 4 nitrogen and oxygen atoms in total. The van der Waals surface area contributed by atoms with Gasteiger partial charge in [-0.15, -0.1) is 0 Å². The minimum Gasteiger partial charge on any atom is -0.454 e. The van der Waals surface area contributed by atoms with Crippen molar-refractivity contribution in [2.24, 2.45) is 0 Å². The van der Waals surface area contributed by atoms with E-state index in [2.05, 4.69) is 0 Å². The van der Waals surface area contributed by atoms with Crippen molar-refractivity contribution >= 4 is 34.8 Å². The quantitative estimate of drug-likeness (QED) is 0.813. The molecule has 0 radical (unpaired) electrons. The molecule has 0 aliphatic heterocycles. The summed E-state index contributed by atoms with van der Waals surface area (Å²) in [6.45, 7) is -0.0942. The van der Waals surface area contributed by atoms with Crippen molar-refractivity contribution in [3.63, 3.8) is 0 Å². The summed E-state index contributed by atoms with van der Waals surface area (Å²) < 4.78 is 5.57. The van der Waals surface area contributed by atoms with Gasteiger partial charge in [0.2, 0.25) is 0 Å². The van der Waals surface area contributed by atoms with Crippen LogP contribution in [0.1, 0.15) is 16.7 Å². The smallest absolute Gasteiger partial charge is 0.167 e.